The molecule has 0 heterocycles. The molecule has 0 unspecified atom stereocenters. The summed E-state index contributed by atoms with van der Waals surface area (Å²) < 4.78 is 5.20. The summed E-state index contributed by atoms with van der Waals surface area (Å²) in [6, 6.07) is 13.2. The summed E-state index contributed by atoms with van der Waals surface area (Å²) in [7, 11) is 1.55. The lowest BCUT2D eigenvalue weighted by Crippen LogP contribution is -2.08. The Bertz CT molecular complexity index is 706. The van der Waals surface area contributed by atoms with Gasteiger partial charge in [0.2, 0.25) is 5.91 Å². The van der Waals surface area contributed by atoms with Gasteiger partial charge >= 0.3 is 0 Å². The Hall–Kier alpha value is -2.26. The summed E-state index contributed by atoms with van der Waals surface area (Å²) in [6.07, 6.45) is 3.27. The van der Waals surface area contributed by atoms with Gasteiger partial charge in [0.05, 0.1) is 12.8 Å². The lowest BCUT2D eigenvalue weighted by atomic mass is 10.0. The molecule has 3 nitrogen and oxygen atoms in total. The van der Waals surface area contributed by atoms with Crippen LogP contribution in [0.25, 0.3) is 6.08 Å². The highest BCUT2D eigenvalue weighted by atomic mass is 35.5. The quantitative estimate of drug-likeness (QED) is 0.773. The second-order valence-electron chi connectivity index (χ2n) is 5.49. The average Bonchev–Trinajstić information content (AvgIpc) is 2.53. The van der Waals surface area contributed by atoms with Gasteiger partial charge in [-0.3, -0.25) is 4.79 Å². The molecule has 0 aliphatic carbocycles. The van der Waals surface area contributed by atoms with E-state index in [2.05, 4.69) is 31.3 Å². The van der Waals surface area contributed by atoms with Crippen LogP contribution < -0.4 is 10.1 Å². The number of carbonyl (C=O) groups excluding carboxylic acids is 1. The molecule has 0 aliphatic rings. The van der Waals surface area contributed by atoms with Crippen LogP contribution in [-0.2, 0) is 4.79 Å². The summed E-state index contributed by atoms with van der Waals surface area (Å²) in [4.78, 5) is 12.0. The van der Waals surface area contributed by atoms with E-state index < -0.39 is 0 Å². The van der Waals surface area contributed by atoms with E-state index in [1.54, 1.807) is 31.4 Å². The van der Waals surface area contributed by atoms with E-state index in [1.165, 1.54) is 11.6 Å². The summed E-state index contributed by atoms with van der Waals surface area (Å²) in [5.74, 6) is 0.822. The molecule has 2 aromatic rings. The molecule has 1 N–H and O–H groups in total. The summed E-state index contributed by atoms with van der Waals surface area (Å²) in [5, 5.41) is 3.30. The normalized spacial score (nSPS) is 11.0. The Kier molecular flexibility index (Phi) is 5.83. The minimum atomic E-state index is -0.237. The van der Waals surface area contributed by atoms with Crippen LogP contribution in [0.4, 0.5) is 5.69 Å². The monoisotopic (exact) mass is 329 g/mol. The molecule has 0 radical (unpaired) electrons. The Morgan fingerprint density at radius 3 is 2.48 bits per heavy atom. The van der Waals surface area contributed by atoms with Crippen molar-refractivity contribution in [3.8, 4) is 5.75 Å². The smallest absolute Gasteiger partial charge is 0.248 e. The number of carbonyl (C=O) groups is 1. The topological polar surface area (TPSA) is 38.3 Å². The Balaban J connectivity index is 2.05. The van der Waals surface area contributed by atoms with Crippen molar-refractivity contribution in [3.63, 3.8) is 0 Å². The molecule has 0 atom stereocenters. The zero-order valence-electron chi connectivity index (χ0n) is 13.5. The van der Waals surface area contributed by atoms with Crippen molar-refractivity contribution in [2.75, 3.05) is 12.4 Å². The number of halogens is 1. The molecule has 4 heteroatoms. The van der Waals surface area contributed by atoms with Crippen molar-refractivity contribution in [1.29, 1.82) is 0 Å². The van der Waals surface area contributed by atoms with Gasteiger partial charge in [0.15, 0.2) is 0 Å². The maximum absolute atomic E-state index is 12.0. The van der Waals surface area contributed by atoms with Crippen molar-refractivity contribution in [1.82, 2.24) is 0 Å². The van der Waals surface area contributed by atoms with E-state index in [9.17, 15) is 4.79 Å². The fourth-order valence-corrected chi connectivity index (χ4v) is 2.29. The second-order valence-corrected chi connectivity index (χ2v) is 5.92. The number of hydrogen-bond donors (Lipinski definition) is 1. The number of rotatable bonds is 5. The van der Waals surface area contributed by atoms with Crippen LogP contribution in [0.15, 0.2) is 48.5 Å². The number of amides is 1. The Morgan fingerprint density at radius 2 is 1.87 bits per heavy atom. The van der Waals surface area contributed by atoms with Crippen LogP contribution in [0, 0.1) is 0 Å². The third-order valence-electron chi connectivity index (χ3n) is 3.45. The molecule has 120 valence electrons. The van der Waals surface area contributed by atoms with Crippen molar-refractivity contribution in [2.24, 2.45) is 0 Å². The molecule has 0 fully saturated rings. The summed E-state index contributed by atoms with van der Waals surface area (Å²) in [5.41, 5.74) is 2.79. The van der Waals surface area contributed by atoms with Crippen LogP contribution in [0.1, 0.15) is 30.9 Å². The van der Waals surface area contributed by atoms with Crippen molar-refractivity contribution in [2.45, 2.75) is 19.8 Å². The zero-order chi connectivity index (χ0) is 16.8. The van der Waals surface area contributed by atoms with Gasteiger partial charge < -0.3 is 10.1 Å². The van der Waals surface area contributed by atoms with E-state index >= 15 is 0 Å². The average molecular weight is 330 g/mol. The van der Waals surface area contributed by atoms with Crippen LogP contribution in [0.2, 0.25) is 5.02 Å². The van der Waals surface area contributed by atoms with Crippen LogP contribution in [0.5, 0.6) is 5.75 Å². The number of nitrogens with one attached hydrogen (secondary N) is 1. The Labute approximate surface area is 141 Å². The van der Waals surface area contributed by atoms with Crippen LogP contribution >= 0.6 is 11.6 Å². The number of methoxy groups -OCH3 is 1. The molecule has 0 aliphatic heterocycles. The molecule has 23 heavy (non-hydrogen) atoms. The van der Waals surface area contributed by atoms with E-state index in [0.717, 1.165) is 5.56 Å². The fourth-order valence-electron chi connectivity index (χ4n) is 2.12. The lowest BCUT2D eigenvalue weighted by Gasteiger charge is -2.09. The first-order valence-corrected chi connectivity index (χ1v) is 7.80. The predicted octanol–water partition coefficient (Wildman–Crippen LogP) is 5.12. The molecule has 2 aromatic carbocycles. The van der Waals surface area contributed by atoms with Crippen molar-refractivity contribution >= 4 is 29.3 Å². The van der Waals surface area contributed by atoms with Gasteiger partial charge in [-0.15, -0.1) is 0 Å². The third-order valence-corrected chi connectivity index (χ3v) is 3.68. The minimum Gasteiger partial charge on any atom is -0.495 e. The molecule has 0 bridgehead atoms. The van der Waals surface area contributed by atoms with Crippen LogP contribution in [-0.4, -0.2) is 13.0 Å². The van der Waals surface area contributed by atoms with E-state index in [0.29, 0.717) is 22.4 Å². The van der Waals surface area contributed by atoms with Crippen molar-refractivity contribution in [3.05, 3.63) is 64.7 Å². The van der Waals surface area contributed by atoms with Gasteiger partial charge in [-0.05, 0) is 41.3 Å². The fraction of sp³-hybridized carbons (Fsp3) is 0.211. The second kappa shape index (κ2) is 7.84. The molecule has 0 saturated heterocycles. The molecule has 1 amide bonds. The predicted molar refractivity (Wildman–Crippen MR) is 96.2 cm³/mol. The van der Waals surface area contributed by atoms with Gasteiger partial charge in [-0.2, -0.15) is 0 Å². The molecule has 0 spiro atoms. The van der Waals surface area contributed by atoms with Gasteiger partial charge in [0.1, 0.15) is 5.75 Å². The maximum Gasteiger partial charge on any atom is 0.248 e. The van der Waals surface area contributed by atoms with E-state index in [1.807, 2.05) is 12.1 Å². The SMILES string of the molecule is COc1ccc(Cl)cc1NC(=O)C=Cc1ccc(C(C)C)cc1. The number of hydrogen-bond acceptors (Lipinski definition) is 2. The molecular weight excluding hydrogens is 310 g/mol. The van der Waals surface area contributed by atoms with E-state index in [-0.39, 0.29) is 5.91 Å². The lowest BCUT2D eigenvalue weighted by molar-refractivity contribution is -0.111. The standard InChI is InChI=1S/C19H20ClNO2/c1-13(2)15-7-4-14(5-8-15)6-11-19(22)21-17-12-16(20)9-10-18(17)23-3/h4-13H,1-3H3,(H,21,22). The molecule has 2 rings (SSSR count). The highest BCUT2D eigenvalue weighted by Crippen LogP contribution is 2.27. The maximum atomic E-state index is 12.0. The van der Waals surface area contributed by atoms with E-state index in [4.69, 9.17) is 16.3 Å². The molecular formula is C19H20ClNO2. The van der Waals surface area contributed by atoms with Crippen LogP contribution in [0.3, 0.4) is 0 Å². The summed E-state index contributed by atoms with van der Waals surface area (Å²) >= 11 is 5.95. The van der Waals surface area contributed by atoms with Crippen molar-refractivity contribution < 1.29 is 9.53 Å². The van der Waals surface area contributed by atoms with Gasteiger partial charge in [0, 0.05) is 11.1 Å². The summed E-state index contributed by atoms with van der Waals surface area (Å²) in [6.45, 7) is 4.30. The third kappa shape index (κ3) is 4.86. The molecule has 0 aromatic heterocycles. The molecule has 0 saturated carbocycles. The minimum absolute atomic E-state index is 0.237. The Morgan fingerprint density at radius 1 is 1.17 bits per heavy atom. The number of anilines is 1. The first-order chi connectivity index (χ1) is 11.0. The largest absolute Gasteiger partial charge is 0.495 e. The highest BCUT2D eigenvalue weighted by Gasteiger charge is 2.06. The van der Waals surface area contributed by atoms with Gasteiger partial charge in [-0.1, -0.05) is 49.7 Å². The highest BCUT2D eigenvalue weighted by molar-refractivity contribution is 6.31. The first kappa shape index (κ1) is 17.1. The zero-order valence-corrected chi connectivity index (χ0v) is 14.2. The van der Waals surface area contributed by atoms with Gasteiger partial charge in [-0.25, -0.2) is 0 Å². The number of benzene rings is 2. The van der Waals surface area contributed by atoms with Gasteiger partial charge in [0.25, 0.3) is 0 Å². The first-order valence-electron chi connectivity index (χ1n) is 7.42. The number of ether oxygens (including phenoxy) is 1.